The Bertz CT molecular complexity index is 1050. The molecule has 3 aromatic rings. The monoisotopic (exact) mass is 400 g/mol. The molecule has 3 heterocycles. The summed E-state index contributed by atoms with van der Waals surface area (Å²) in [7, 11) is 0. The molecular formula is C21H20N8O. The van der Waals surface area contributed by atoms with Crippen molar-refractivity contribution in [3.8, 4) is 0 Å². The Morgan fingerprint density at radius 2 is 2.03 bits per heavy atom. The fourth-order valence-electron chi connectivity index (χ4n) is 2.80. The van der Waals surface area contributed by atoms with E-state index >= 15 is 0 Å². The maximum atomic E-state index is 13.0. The van der Waals surface area contributed by atoms with Gasteiger partial charge >= 0.3 is 0 Å². The Labute approximate surface area is 173 Å². The lowest BCUT2D eigenvalue weighted by molar-refractivity contribution is 0.0950. The molecule has 1 aliphatic rings. The zero-order valence-electron chi connectivity index (χ0n) is 16.1. The molecule has 4 rings (SSSR count). The Balaban J connectivity index is 1.55. The first-order chi connectivity index (χ1) is 14.7. The Hall–Kier alpha value is -4.01. The van der Waals surface area contributed by atoms with Crippen LogP contribution in [-0.4, -0.2) is 44.3 Å². The summed E-state index contributed by atoms with van der Waals surface area (Å²) in [5.41, 5.74) is 2.33. The second-order valence-corrected chi connectivity index (χ2v) is 6.79. The van der Waals surface area contributed by atoms with Gasteiger partial charge < -0.3 is 16.0 Å². The maximum absolute atomic E-state index is 13.0. The fourth-order valence-corrected chi connectivity index (χ4v) is 2.80. The van der Waals surface area contributed by atoms with Crippen LogP contribution in [0.15, 0.2) is 60.2 Å². The molecule has 3 aromatic heterocycles. The minimum absolute atomic E-state index is 0.251. The standard InChI is InChI=1S/C21H20N8O/c22-9-15(12-26-19-3-1-2-8-25-19)28-21(30)20-18(27-16-10-23-13-24-11-16)7-6-17(29-20)14-4-5-14/h1-3,6-15,22,27H,4-5H2,(H,28,30). The van der Waals surface area contributed by atoms with Crippen LogP contribution in [0.25, 0.3) is 0 Å². The lowest BCUT2D eigenvalue weighted by Gasteiger charge is -2.14. The van der Waals surface area contributed by atoms with Crippen molar-refractivity contribution in [3.05, 3.63) is 66.6 Å². The molecule has 1 unspecified atom stereocenters. The molecular weight excluding hydrogens is 380 g/mol. The summed E-state index contributed by atoms with van der Waals surface area (Å²) < 4.78 is 0. The van der Waals surface area contributed by atoms with Gasteiger partial charge in [-0.1, -0.05) is 6.07 Å². The van der Waals surface area contributed by atoms with Crippen LogP contribution in [0.3, 0.4) is 0 Å². The van der Waals surface area contributed by atoms with Crippen LogP contribution in [0.1, 0.15) is 34.9 Å². The third-order valence-corrected chi connectivity index (χ3v) is 4.46. The number of hydrogen-bond donors (Lipinski definition) is 3. The van der Waals surface area contributed by atoms with Gasteiger partial charge in [-0.25, -0.2) is 24.9 Å². The number of aliphatic imine (C=N–C) groups is 1. The molecule has 1 saturated carbocycles. The van der Waals surface area contributed by atoms with Crippen LogP contribution in [0.2, 0.25) is 0 Å². The Morgan fingerprint density at radius 1 is 1.20 bits per heavy atom. The van der Waals surface area contributed by atoms with Crippen molar-refractivity contribution in [1.29, 1.82) is 5.41 Å². The van der Waals surface area contributed by atoms with Gasteiger partial charge in [0.25, 0.3) is 5.91 Å². The quantitative estimate of drug-likeness (QED) is 0.499. The zero-order valence-corrected chi connectivity index (χ0v) is 16.1. The summed E-state index contributed by atoms with van der Waals surface area (Å²) in [4.78, 5) is 33.9. The van der Waals surface area contributed by atoms with E-state index in [1.54, 1.807) is 30.7 Å². The van der Waals surface area contributed by atoms with Gasteiger partial charge in [-0.15, -0.1) is 0 Å². The number of amides is 1. The molecule has 0 bridgehead atoms. The van der Waals surface area contributed by atoms with Crippen molar-refractivity contribution in [2.24, 2.45) is 4.99 Å². The number of anilines is 2. The van der Waals surface area contributed by atoms with Gasteiger partial charge in [-0.3, -0.25) is 4.79 Å². The lowest BCUT2D eigenvalue weighted by Crippen LogP contribution is -2.37. The van der Waals surface area contributed by atoms with Gasteiger partial charge in [0.1, 0.15) is 6.33 Å². The van der Waals surface area contributed by atoms with E-state index in [2.05, 4.69) is 35.6 Å². The van der Waals surface area contributed by atoms with Crippen molar-refractivity contribution < 1.29 is 4.79 Å². The van der Waals surface area contributed by atoms with E-state index in [-0.39, 0.29) is 5.69 Å². The molecule has 9 heteroatoms. The lowest BCUT2D eigenvalue weighted by atomic mass is 10.2. The average Bonchev–Trinajstić information content (AvgIpc) is 3.63. The van der Waals surface area contributed by atoms with Crippen molar-refractivity contribution in [3.63, 3.8) is 0 Å². The highest BCUT2D eigenvalue weighted by molar-refractivity contribution is 6.02. The topological polar surface area (TPSA) is 129 Å². The van der Waals surface area contributed by atoms with Crippen LogP contribution in [0.4, 0.5) is 17.2 Å². The van der Waals surface area contributed by atoms with Crippen LogP contribution < -0.4 is 10.6 Å². The molecule has 1 atom stereocenters. The molecule has 1 amide bonds. The van der Waals surface area contributed by atoms with E-state index in [4.69, 9.17) is 5.41 Å². The van der Waals surface area contributed by atoms with Gasteiger partial charge in [0.2, 0.25) is 0 Å². The van der Waals surface area contributed by atoms with E-state index in [0.29, 0.717) is 23.1 Å². The largest absolute Gasteiger partial charge is 0.351 e. The first kappa shape index (κ1) is 19.3. The molecule has 150 valence electrons. The third-order valence-electron chi connectivity index (χ3n) is 4.46. The van der Waals surface area contributed by atoms with Gasteiger partial charge in [0.05, 0.1) is 29.8 Å². The van der Waals surface area contributed by atoms with Crippen LogP contribution >= 0.6 is 0 Å². The van der Waals surface area contributed by atoms with E-state index < -0.39 is 11.9 Å². The number of nitrogens with one attached hydrogen (secondary N) is 3. The number of rotatable bonds is 8. The van der Waals surface area contributed by atoms with Gasteiger partial charge in [0, 0.05) is 30.2 Å². The number of pyridine rings is 2. The molecule has 0 saturated heterocycles. The number of aromatic nitrogens is 4. The first-order valence-corrected chi connectivity index (χ1v) is 9.52. The summed E-state index contributed by atoms with van der Waals surface area (Å²) in [5.74, 6) is 0.492. The number of carbonyl (C=O) groups is 1. The molecule has 30 heavy (non-hydrogen) atoms. The Morgan fingerprint density at radius 3 is 2.73 bits per heavy atom. The molecule has 0 radical (unpaired) electrons. The summed E-state index contributed by atoms with van der Waals surface area (Å²) in [6.45, 7) is 0. The fraction of sp³-hybridized carbons (Fsp3) is 0.190. The highest BCUT2D eigenvalue weighted by atomic mass is 16.2. The molecule has 3 N–H and O–H groups in total. The van der Waals surface area contributed by atoms with Gasteiger partial charge in [0.15, 0.2) is 11.5 Å². The SMILES string of the molecule is N=CC(C=Nc1ccccn1)NC(=O)c1nc(C2CC2)ccc1Nc1cncnc1. The summed E-state index contributed by atoms with van der Waals surface area (Å²) in [6.07, 6.45) is 11.0. The first-order valence-electron chi connectivity index (χ1n) is 9.52. The second kappa shape index (κ2) is 8.99. The molecule has 1 fully saturated rings. The van der Waals surface area contributed by atoms with Crippen LogP contribution in [-0.2, 0) is 0 Å². The molecule has 0 aliphatic heterocycles. The van der Waals surface area contributed by atoms with Crippen molar-refractivity contribution in [2.75, 3.05) is 5.32 Å². The highest BCUT2D eigenvalue weighted by Gasteiger charge is 2.27. The summed E-state index contributed by atoms with van der Waals surface area (Å²) in [5, 5.41) is 13.5. The number of carbonyl (C=O) groups excluding carboxylic acids is 1. The van der Waals surface area contributed by atoms with Gasteiger partial charge in [-0.2, -0.15) is 0 Å². The van der Waals surface area contributed by atoms with E-state index in [1.807, 2.05) is 18.2 Å². The molecule has 0 aromatic carbocycles. The highest BCUT2D eigenvalue weighted by Crippen LogP contribution is 2.39. The minimum Gasteiger partial charge on any atom is -0.351 e. The van der Waals surface area contributed by atoms with E-state index in [9.17, 15) is 4.79 Å². The van der Waals surface area contributed by atoms with Crippen molar-refractivity contribution in [1.82, 2.24) is 25.3 Å². The molecule has 0 spiro atoms. The van der Waals surface area contributed by atoms with E-state index in [0.717, 1.165) is 24.8 Å². The second-order valence-electron chi connectivity index (χ2n) is 6.79. The molecule has 1 aliphatic carbocycles. The number of hydrogen-bond acceptors (Lipinski definition) is 8. The van der Waals surface area contributed by atoms with Gasteiger partial charge in [-0.05, 0) is 37.1 Å². The average molecular weight is 400 g/mol. The summed E-state index contributed by atoms with van der Waals surface area (Å²) in [6, 6.07) is 8.42. The normalized spacial score (nSPS) is 14.3. The summed E-state index contributed by atoms with van der Waals surface area (Å²) >= 11 is 0. The van der Waals surface area contributed by atoms with Crippen LogP contribution in [0.5, 0.6) is 0 Å². The third kappa shape index (κ3) is 4.88. The predicted octanol–water partition coefficient (Wildman–Crippen LogP) is 3.04. The van der Waals surface area contributed by atoms with Crippen molar-refractivity contribution in [2.45, 2.75) is 24.8 Å². The number of nitrogens with zero attached hydrogens (tertiary/aromatic N) is 5. The smallest absolute Gasteiger partial charge is 0.272 e. The Kier molecular flexibility index (Phi) is 5.79. The molecule has 9 nitrogen and oxygen atoms in total. The predicted molar refractivity (Wildman–Crippen MR) is 114 cm³/mol. The minimum atomic E-state index is -0.696. The maximum Gasteiger partial charge on any atom is 0.272 e. The zero-order chi connectivity index (χ0) is 20.8. The van der Waals surface area contributed by atoms with E-state index in [1.165, 1.54) is 12.5 Å². The van der Waals surface area contributed by atoms with Crippen molar-refractivity contribution >= 4 is 35.5 Å². The van der Waals surface area contributed by atoms with Crippen LogP contribution in [0, 0.1) is 5.41 Å².